The molecule has 1 aromatic carbocycles. The van der Waals surface area contributed by atoms with Gasteiger partial charge in [0.15, 0.2) is 0 Å². The number of aromatic nitrogens is 4. The zero-order valence-electron chi connectivity index (χ0n) is 14.2. The monoisotopic (exact) mass is 373 g/mol. The maximum atomic E-state index is 12.4. The van der Waals surface area contributed by atoms with Gasteiger partial charge >= 0.3 is 11.9 Å². The molecule has 26 heavy (non-hydrogen) atoms. The van der Waals surface area contributed by atoms with E-state index in [2.05, 4.69) is 15.7 Å². The summed E-state index contributed by atoms with van der Waals surface area (Å²) in [5.74, 6) is -0.206. The summed E-state index contributed by atoms with van der Waals surface area (Å²) in [5, 5.41) is 9.80. The van der Waals surface area contributed by atoms with Crippen molar-refractivity contribution in [2.75, 3.05) is 13.2 Å². The largest absolute Gasteiger partial charge is 0.492 e. The number of halogens is 3. The van der Waals surface area contributed by atoms with Crippen LogP contribution in [-0.4, -0.2) is 38.8 Å². The first kappa shape index (κ1) is 19.5. The second-order valence-electron chi connectivity index (χ2n) is 5.68. The fourth-order valence-electron chi connectivity index (χ4n) is 2.00. The van der Waals surface area contributed by atoms with E-state index in [1.165, 1.54) is 12.1 Å². The highest BCUT2D eigenvalue weighted by Gasteiger charge is 2.30. The molecule has 0 aliphatic heterocycles. The van der Waals surface area contributed by atoms with Gasteiger partial charge in [-0.25, -0.2) is 4.79 Å². The Morgan fingerprint density at radius 1 is 1.23 bits per heavy atom. The maximum Gasteiger partial charge on any atom is 0.416 e. The molecule has 2 rings (SSSR count). The third kappa shape index (κ3) is 5.07. The summed E-state index contributed by atoms with van der Waals surface area (Å²) >= 11 is 0. The van der Waals surface area contributed by atoms with Gasteiger partial charge in [0.05, 0.1) is 18.2 Å². The number of rotatable bonds is 7. The minimum Gasteiger partial charge on any atom is -0.492 e. The highest BCUT2D eigenvalue weighted by molar-refractivity contribution is 5.75. The Bertz CT molecular complexity index is 796. The first-order chi connectivity index (χ1) is 12.2. The van der Waals surface area contributed by atoms with Crippen molar-refractivity contribution in [2.24, 2.45) is 0 Å². The van der Waals surface area contributed by atoms with Gasteiger partial charge in [0, 0.05) is 0 Å². The molecule has 1 heterocycles. The van der Waals surface area contributed by atoms with Gasteiger partial charge in [0.2, 0.25) is 5.91 Å². The van der Waals surface area contributed by atoms with E-state index in [1.807, 2.05) is 0 Å². The minimum atomic E-state index is -4.40. The molecule has 0 spiro atoms. The van der Waals surface area contributed by atoms with Gasteiger partial charge in [0.1, 0.15) is 18.9 Å². The number of amides is 1. The van der Waals surface area contributed by atoms with E-state index >= 15 is 0 Å². The lowest BCUT2D eigenvalue weighted by Crippen LogP contribution is -2.35. The molecule has 0 aliphatic carbocycles. The van der Waals surface area contributed by atoms with Gasteiger partial charge in [-0.1, -0.05) is 0 Å². The van der Waals surface area contributed by atoms with Crippen LogP contribution < -0.4 is 15.7 Å². The van der Waals surface area contributed by atoms with Gasteiger partial charge in [-0.15, -0.1) is 0 Å². The number of alkyl halides is 3. The Morgan fingerprint density at radius 2 is 1.88 bits per heavy atom. The number of ether oxygens (including phenoxy) is 1. The summed E-state index contributed by atoms with van der Waals surface area (Å²) in [7, 11) is 0. The number of nitrogens with one attached hydrogen (secondary N) is 1. The Labute approximate surface area is 146 Å². The van der Waals surface area contributed by atoms with Crippen LogP contribution in [0.4, 0.5) is 13.2 Å². The molecule has 2 aromatic rings. The summed E-state index contributed by atoms with van der Waals surface area (Å²) in [6, 6.07) is 4.07. The molecule has 142 valence electrons. The molecule has 0 bridgehead atoms. The molecular weight excluding hydrogens is 355 g/mol. The molecule has 1 N–H and O–H groups in total. The molecule has 11 heteroatoms. The molecule has 0 unspecified atom stereocenters. The van der Waals surface area contributed by atoms with E-state index in [0.29, 0.717) is 0 Å². The number of carbonyl (C=O) groups is 1. The average molecular weight is 373 g/mol. The lowest BCUT2D eigenvalue weighted by atomic mass is 10.2. The zero-order chi connectivity index (χ0) is 19.3. The molecular formula is C15H18F3N5O3. The van der Waals surface area contributed by atoms with E-state index in [-0.39, 0.29) is 31.5 Å². The number of benzene rings is 1. The number of hydrogen-bond acceptors (Lipinski definition) is 5. The molecule has 0 aliphatic rings. The van der Waals surface area contributed by atoms with Gasteiger partial charge in [-0.05, 0) is 48.5 Å². The summed E-state index contributed by atoms with van der Waals surface area (Å²) in [6.45, 7) is 3.42. The molecule has 0 atom stereocenters. The third-order valence-corrected chi connectivity index (χ3v) is 3.32. The van der Waals surface area contributed by atoms with Crippen LogP contribution in [0.15, 0.2) is 29.1 Å². The van der Waals surface area contributed by atoms with Crippen molar-refractivity contribution < 1.29 is 22.7 Å². The van der Waals surface area contributed by atoms with Crippen molar-refractivity contribution >= 4 is 5.91 Å². The quantitative estimate of drug-likeness (QED) is 0.738. The molecule has 0 radical (unpaired) electrons. The molecule has 0 saturated carbocycles. The van der Waals surface area contributed by atoms with Crippen LogP contribution in [0.2, 0.25) is 0 Å². The summed E-state index contributed by atoms with van der Waals surface area (Å²) in [6.07, 6.45) is -4.40. The Kier molecular flexibility index (Phi) is 6.01. The highest BCUT2D eigenvalue weighted by atomic mass is 19.4. The standard InChI is InChI=1S/C15H18F3N5O3/c1-10(2)23-14(25)22(20-21-23)9-13(24)19-7-8-26-12-5-3-11(4-6-12)15(16,17)18/h3-6,10H,7-9H2,1-2H3,(H,19,24). The zero-order valence-corrected chi connectivity index (χ0v) is 14.2. The Balaban J connectivity index is 1.76. The third-order valence-electron chi connectivity index (χ3n) is 3.32. The maximum absolute atomic E-state index is 12.4. The van der Waals surface area contributed by atoms with Crippen LogP contribution in [0.5, 0.6) is 5.75 Å². The van der Waals surface area contributed by atoms with Crippen molar-refractivity contribution in [1.29, 1.82) is 0 Å². The minimum absolute atomic E-state index is 0.0602. The van der Waals surface area contributed by atoms with Crippen LogP contribution in [-0.2, 0) is 17.5 Å². The number of tetrazole rings is 1. The molecule has 0 saturated heterocycles. The molecule has 0 fully saturated rings. The number of hydrogen-bond donors (Lipinski definition) is 1. The van der Waals surface area contributed by atoms with Gasteiger partial charge < -0.3 is 10.1 Å². The highest BCUT2D eigenvalue weighted by Crippen LogP contribution is 2.30. The van der Waals surface area contributed by atoms with E-state index < -0.39 is 23.3 Å². The lowest BCUT2D eigenvalue weighted by molar-refractivity contribution is -0.137. The Hall–Kier alpha value is -2.85. The van der Waals surface area contributed by atoms with E-state index in [0.717, 1.165) is 21.5 Å². The fourth-order valence-corrected chi connectivity index (χ4v) is 2.00. The molecule has 1 aromatic heterocycles. The first-order valence-electron chi connectivity index (χ1n) is 7.77. The smallest absolute Gasteiger partial charge is 0.416 e. The molecule has 8 nitrogen and oxygen atoms in total. The predicted molar refractivity (Wildman–Crippen MR) is 84.6 cm³/mol. The second-order valence-corrected chi connectivity index (χ2v) is 5.68. The average Bonchev–Trinajstić information content (AvgIpc) is 2.92. The van der Waals surface area contributed by atoms with Crippen LogP contribution in [0, 0.1) is 0 Å². The van der Waals surface area contributed by atoms with Crippen LogP contribution in [0.3, 0.4) is 0 Å². The van der Waals surface area contributed by atoms with Gasteiger partial charge in [-0.2, -0.15) is 22.5 Å². The fraction of sp³-hybridized carbons (Fsp3) is 0.467. The van der Waals surface area contributed by atoms with Crippen LogP contribution in [0.25, 0.3) is 0 Å². The first-order valence-corrected chi connectivity index (χ1v) is 7.77. The number of carbonyl (C=O) groups excluding carboxylic acids is 1. The summed E-state index contributed by atoms with van der Waals surface area (Å²) < 4.78 is 44.7. The van der Waals surface area contributed by atoms with Crippen LogP contribution >= 0.6 is 0 Å². The van der Waals surface area contributed by atoms with E-state index in [4.69, 9.17) is 4.74 Å². The van der Waals surface area contributed by atoms with Gasteiger partial charge in [0.25, 0.3) is 0 Å². The van der Waals surface area contributed by atoms with Crippen molar-refractivity contribution in [3.05, 3.63) is 40.3 Å². The predicted octanol–water partition coefficient (Wildman–Crippen LogP) is 1.23. The van der Waals surface area contributed by atoms with Crippen LogP contribution in [0.1, 0.15) is 25.5 Å². The normalized spacial score (nSPS) is 11.6. The summed E-state index contributed by atoms with van der Waals surface area (Å²) in [4.78, 5) is 23.7. The van der Waals surface area contributed by atoms with Gasteiger partial charge in [-0.3, -0.25) is 4.79 Å². The van der Waals surface area contributed by atoms with Crippen molar-refractivity contribution in [3.8, 4) is 5.75 Å². The Morgan fingerprint density at radius 3 is 2.42 bits per heavy atom. The molecule has 1 amide bonds. The summed E-state index contributed by atoms with van der Waals surface area (Å²) in [5.41, 5.74) is -1.26. The number of nitrogens with zero attached hydrogens (tertiary/aromatic N) is 4. The lowest BCUT2D eigenvalue weighted by Gasteiger charge is -2.09. The van der Waals surface area contributed by atoms with Crippen molar-refractivity contribution in [2.45, 2.75) is 32.6 Å². The van der Waals surface area contributed by atoms with E-state index in [1.54, 1.807) is 13.8 Å². The SMILES string of the molecule is CC(C)n1nnn(CC(=O)NCCOc2ccc(C(F)(F)F)cc2)c1=O. The second kappa shape index (κ2) is 8.02. The van der Waals surface area contributed by atoms with Crippen molar-refractivity contribution in [3.63, 3.8) is 0 Å². The van der Waals surface area contributed by atoms with E-state index in [9.17, 15) is 22.8 Å². The topological polar surface area (TPSA) is 91.0 Å². The van der Waals surface area contributed by atoms with Crippen molar-refractivity contribution in [1.82, 2.24) is 25.1 Å².